The second-order valence-corrected chi connectivity index (χ2v) is 8.59. The van der Waals surface area contributed by atoms with Crippen LogP contribution in [0.2, 0.25) is 0 Å². The maximum Gasteiger partial charge on any atom is 0.257 e. The highest BCUT2D eigenvalue weighted by atomic mass is 32.1. The van der Waals surface area contributed by atoms with Crippen LogP contribution in [-0.4, -0.2) is 60.8 Å². The van der Waals surface area contributed by atoms with Crippen molar-refractivity contribution in [1.82, 2.24) is 20.4 Å². The SMILES string of the molecule is CCOCCCN1C(=S)N[C@@H](c2ccccc2)C2=C1N[C@H](c1ccccc1)N(CCOC)C2=O. The van der Waals surface area contributed by atoms with Gasteiger partial charge in [-0.05, 0) is 36.7 Å². The van der Waals surface area contributed by atoms with E-state index in [9.17, 15) is 4.79 Å². The lowest BCUT2D eigenvalue weighted by Gasteiger charge is -2.47. The van der Waals surface area contributed by atoms with Crippen LogP contribution in [0.25, 0.3) is 0 Å². The Morgan fingerprint density at radius 1 is 0.941 bits per heavy atom. The maximum absolute atomic E-state index is 14.1. The van der Waals surface area contributed by atoms with E-state index in [1.165, 1.54) is 0 Å². The summed E-state index contributed by atoms with van der Waals surface area (Å²) in [6.07, 6.45) is 0.469. The number of amides is 1. The summed E-state index contributed by atoms with van der Waals surface area (Å²) in [5, 5.41) is 7.69. The monoisotopic (exact) mass is 480 g/mol. The maximum atomic E-state index is 14.1. The Morgan fingerprint density at radius 2 is 1.62 bits per heavy atom. The Labute approximate surface area is 206 Å². The largest absolute Gasteiger partial charge is 0.383 e. The molecule has 0 unspecified atom stereocenters. The molecule has 8 heteroatoms. The molecule has 2 N–H and O–H groups in total. The van der Waals surface area contributed by atoms with Gasteiger partial charge in [-0.2, -0.15) is 0 Å². The molecule has 2 heterocycles. The van der Waals surface area contributed by atoms with Gasteiger partial charge in [-0.25, -0.2) is 0 Å². The Balaban J connectivity index is 1.77. The molecule has 0 bridgehead atoms. The summed E-state index contributed by atoms with van der Waals surface area (Å²) in [7, 11) is 1.65. The quantitative estimate of drug-likeness (QED) is 0.399. The van der Waals surface area contributed by atoms with Gasteiger partial charge in [-0.15, -0.1) is 0 Å². The number of hydrogen-bond acceptors (Lipinski definition) is 5. The van der Waals surface area contributed by atoms with Crippen LogP contribution in [0.1, 0.15) is 36.7 Å². The third-order valence-electron chi connectivity index (χ3n) is 6.06. The molecule has 0 saturated heterocycles. The van der Waals surface area contributed by atoms with Crippen molar-refractivity contribution < 1.29 is 14.3 Å². The zero-order valence-electron chi connectivity index (χ0n) is 19.7. The van der Waals surface area contributed by atoms with Crippen LogP contribution >= 0.6 is 12.2 Å². The van der Waals surface area contributed by atoms with Gasteiger partial charge in [0.1, 0.15) is 12.0 Å². The summed E-state index contributed by atoms with van der Waals surface area (Å²) >= 11 is 5.80. The Bertz CT molecular complexity index is 1020. The van der Waals surface area contributed by atoms with Crippen LogP contribution in [0.4, 0.5) is 0 Å². The molecule has 7 nitrogen and oxygen atoms in total. The molecule has 1 amide bonds. The first kappa shape index (κ1) is 24.2. The number of methoxy groups -OCH3 is 1. The van der Waals surface area contributed by atoms with Crippen LogP contribution < -0.4 is 10.6 Å². The van der Waals surface area contributed by atoms with Gasteiger partial charge in [0, 0.05) is 33.4 Å². The van der Waals surface area contributed by atoms with Gasteiger partial charge < -0.3 is 29.9 Å². The number of thiocarbonyl (C=S) groups is 1. The van der Waals surface area contributed by atoms with Crippen molar-refractivity contribution in [3.8, 4) is 0 Å². The zero-order chi connectivity index (χ0) is 23.9. The fraction of sp³-hybridized carbons (Fsp3) is 0.385. The fourth-order valence-corrected chi connectivity index (χ4v) is 4.71. The highest BCUT2D eigenvalue weighted by Gasteiger charge is 2.43. The summed E-state index contributed by atoms with van der Waals surface area (Å²) in [6.45, 7) is 4.85. The molecule has 2 aliphatic heterocycles. The van der Waals surface area contributed by atoms with Crippen molar-refractivity contribution >= 4 is 23.2 Å². The standard InChI is InChI=1S/C26H32N4O3S/c1-3-33-17-10-15-30-24-21(22(27-26(30)34)19-11-6-4-7-12-19)25(31)29(16-18-32-2)23(28-24)20-13-8-5-9-14-20/h4-9,11-14,22-23,28H,3,10,15-18H2,1-2H3,(H,27,34)/t22-,23-/m0/s1. The third kappa shape index (κ3) is 5.09. The summed E-state index contributed by atoms with van der Waals surface area (Å²) in [5.41, 5.74) is 2.67. The lowest BCUT2D eigenvalue weighted by Crippen LogP contribution is -2.59. The van der Waals surface area contributed by atoms with Crippen LogP contribution in [0.3, 0.4) is 0 Å². The Morgan fingerprint density at radius 3 is 2.26 bits per heavy atom. The van der Waals surface area contributed by atoms with E-state index in [-0.39, 0.29) is 18.1 Å². The zero-order valence-corrected chi connectivity index (χ0v) is 20.5. The van der Waals surface area contributed by atoms with Crippen molar-refractivity contribution in [1.29, 1.82) is 0 Å². The molecular weight excluding hydrogens is 448 g/mol. The van der Waals surface area contributed by atoms with Gasteiger partial charge in [0.15, 0.2) is 5.11 Å². The molecule has 2 aromatic rings. The number of ether oxygens (including phenoxy) is 2. The van der Waals surface area contributed by atoms with Gasteiger partial charge in [-0.1, -0.05) is 60.7 Å². The van der Waals surface area contributed by atoms with Gasteiger partial charge in [0.2, 0.25) is 0 Å². The van der Waals surface area contributed by atoms with Crippen LogP contribution in [0, 0.1) is 0 Å². The molecule has 0 spiro atoms. The van der Waals surface area contributed by atoms with E-state index in [4.69, 9.17) is 21.7 Å². The van der Waals surface area contributed by atoms with Crippen molar-refractivity contribution in [3.63, 3.8) is 0 Å². The molecule has 180 valence electrons. The molecule has 0 radical (unpaired) electrons. The Kier molecular flexibility index (Phi) is 8.16. The molecule has 0 aromatic heterocycles. The fourth-order valence-electron chi connectivity index (χ4n) is 4.41. The van der Waals surface area contributed by atoms with Gasteiger partial charge in [-0.3, -0.25) is 4.79 Å². The van der Waals surface area contributed by atoms with E-state index in [0.717, 1.165) is 23.4 Å². The lowest BCUT2D eigenvalue weighted by molar-refractivity contribution is -0.133. The molecule has 0 aliphatic carbocycles. The number of hydrogen-bond donors (Lipinski definition) is 2. The number of carbonyl (C=O) groups is 1. The third-order valence-corrected chi connectivity index (χ3v) is 6.40. The molecule has 4 rings (SSSR count). The molecule has 0 saturated carbocycles. The van der Waals surface area contributed by atoms with Gasteiger partial charge in [0.25, 0.3) is 5.91 Å². The van der Waals surface area contributed by atoms with Crippen molar-refractivity contribution in [2.24, 2.45) is 0 Å². The number of nitrogens with one attached hydrogen (secondary N) is 2. The second-order valence-electron chi connectivity index (χ2n) is 8.21. The number of rotatable bonds is 10. The van der Waals surface area contributed by atoms with Crippen molar-refractivity contribution in [2.75, 3.05) is 40.0 Å². The predicted octanol–water partition coefficient (Wildman–Crippen LogP) is 3.33. The van der Waals surface area contributed by atoms with Crippen molar-refractivity contribution in [3.05, 3.63) is 83.2 Å². The molecule has 2 aliphatic rings. The average Bonchev–Trinajstić information content (AvgIpc) is 2.87. The van der Waals surface area contributed by atoms with E-state index in [1.54, 1.807) is 7.11 Å². The van der Waals surface area contributed by atoms with E-state index in [0.29, 0.717) is 43.6 Å². The predicted molar refractivity (Wildman–Crippen MR) is 136 cm³/mol. The van der Waals surface area contributed by atoms with Crippen LogP contribution in [0.15, 0.2) is 72.1 Å². The summed E-state index contributed by atoms with van der Waals surface area (Å²) in [4.78, 5) is 18.0. The summed E-state index contributed by atoms with van der Waals surface area (Å²) < 4.78 is 10.9. The van der Waals surface area contributed by atoms with Gasteiger partial charge >= 0.3 is 0 Å². The Hall–Kier alpha value is -2.94. The van der Waals surface area contributed by atoms with Gasteiger partial charge in [0.05, 0.1) is 18.2 Å². The number of benzene rings is 2. The second kappa shape index (κ2) is 11.5. The number of carbonyl (C=O) groups excluding carboxylic acids is 1. The first-order valence-corrected chi connectivity index (χ1v) is 12.1. The first-order chi connectivity index (χ1) is 16.7. The first-order valence-electron chi connectivity index (χ1n) is 11.7. The molecule has 2 aromatic carbocycles. The normalized spacial score (nSPS) is 20.2. The number of nitrogens with zero attached hydrogens (tertiary/aromatic N) is 2. The highest BCUT2D eigenvalue weighted by Crippen LogP contribution is 2.37. The van der Waals surface area contributed by atoms with E-state index in [1.807, 2.05) is 77.4 Å². The smallest absolute Gasteiger partial charge is 0.257 e. The highest BCUT2D eigenvalue weighted by molar-refractivity contribution is 7.80. The van der Waals surface area contributed by atoms with Crippen LogP contribution in [0.5, 0.6) is 0 Å². The lowest BCUT2D eigenvalue weighted by atomic mass is 9.93. The molecule has 0 fully saturated rings. The van der Waals surface area contributed by atoms with Crippen LogP contribution in [-0.2, 0) is 14.3 Å². The average molecular weight is 481 g/mol. The minimum Gasteiger partial charge on any atom is -0.383 e. The molecular formula is C26H32N4O3S. The molecule has 2 atom stereocenters. The van der Waals surface area contributed by atoms with E-state index < -0.39 is 0 Å². The summed E-state index contributed by atoms with van der Waals surface area (Å²) in [6, 6.07) is 19.6. The van der Waals surface area contributed by atoms with E-state index in [2.05, 4.69) is 10.6 Å². The summed E-state index contributed by atoms with van der Waals surface area (Å²) in [5.74, 6) is 0.736. The minimum absolute atomic E-state index is 0.0293. The van der Waals surface area contributed by atoms with E-state index >= 15 is 0 Å². The van der Waals surface area contributed by atoms with Crippen molar-refractivity contribution in [2.45, 2.75) is 25.6 Å². The minimum atomic E-state index is -0.339. The molecule has 34 heavy (non-hydrogen) atoms. The topological polar surface area (TPSA) is 66.1 Å².